The van der Waals surface area contributed by atoms with Crippen molar-refractivity contribution >= 4 is 6.03 Å². The second kappa shape index (κ2) is 7.69. The number of hydrogen-bond acceptors (Lipinski definition) is 1. The van der Waals surface area contributed by atoms with E-state index in [1.807, 2.05) is 6.07 Å². The SMILES string of the molecule is CCCCN(C)C(=O)NCCc1cccc(F)c1. The van der Waals surface area contributed by atoms with Gasteiger partial charge in [-0.05, 0) is 30.5 Å². The highest BCUT2D eigenvalue weighted by Crippen LogP contribution is 2.03. The zero-order chi connectivity index (χ0) is 13.4. The monoisotopic (exact) mass is 252 g/mol. The fraction of sp³-hybridized carbons (Fsp3) is 0.500. The van der Waals surface area contributed by atoms with Gasteiger partial charge in [-0.3, -0.25) is 0 Å². The number of nitrogens with one attached hydrogen (secondary N) is 1. The van der Waals surface area contributed by atoms with Crippen molar-refractivity contribution in [3.05, 3.63) is 35.6 Å². The molecule has 0 bridgehead atoms. The van der Waals surface area contributed by atoms with Gasteiger partial charge in [0.25, 0.3) is 0 Å². The highest BCUT2D eigenvalue weighted by molar-refractivity contribution is 5.73. The molecule has 0 heterocycles. The van der Waals surface area contributed by atoms with Crippen LogP contribution in [0.15, 0.2) is 24.3 Å². The fourth-order valence-corrected chi connectivity index (χ4v) is 1.64. The van der Waals surface area contributed by atoms with E-state index >= 15 is 0 Å². The highest BCUT2D eigenvalue weighted by atomic mass is 19.1. The van der Waals surface area contributed by atoms with E-state index in [4.69, 9.17) is 0 Å². The quantitative estimate of drug-likeness (QED) is 0.829. The Bertz CT molecular complexity index is 382. The van der Waals surface area contributed by atoms with Crippen molar-refractivity contribution in [2.75, 3.05) is 20.1 Å². The van der Waals surface area contributed by atoms with Gasteiger partial charge in [-0.2, -0.15) is 0 Å². The molecule has 1 N–H and O–H groups in total. The van der Waals surface area contributed by atoms with Crippen molar-refractivity contribution in [3.8, 4) is 0 Å². The number of carbonyl (C=O) groups excluding carboxylic acids is 1. The van der Waals surface area contributed by atoms with Crippen LogP contribution >= 0.6 is 0 Å². The minimum atomic E-state index is -0.237. The van der Waals surface area contributed by atoms with Gasteiger partial charge in [-0.15, -0.1) is 0 Å². The summed E-state index contributed by atoms with van der Waals surface area (Å²) < 4.78 is 12.9. The number of amides is 2. The Morgan fingerprint density at radius 3 is 2.89 bits per heavy atom. The third-order valence-electron chi connectivity index (χ3n) is 2.77. The topological polar surface area (TPSA) is 32.3 Å². The van der Waals surface area contributed by atoms with E-state index in [2.05, 4.69) is 12.2 Å². The minimum Gasteiger partial charge on any atom is -0.338 e. The number of nitrogens with zero attached hydrogens (tertiary/aromatic N) is 1. The lowest BCUT2D eigenvalue weighted by atomic mass is 10.1. The molecule has 0 aliphatic rings. The summed E-state index contributed by atoms with van der Waals surface area (Å²) in [7, 11) is 1.78. The molecule has 2 amide bonds. The molecular formula is C14H21FN2O. The van der Waals surface area contributed by atoms with E-state index in [0.717, 1.165) is 24.9 Å². The van der Waals surface area contributed by atoms with E-state index in [1.54, 1.807) is 18.0 Å². The first kappa shape index (κ1) is 14.5. The van der Waals surface area contributed by atoms with Crippen LogP contribution < -0.4 is 5.32 Å². The predicted octanol–water partition coefficient (Wildman–Crippen LogP) is 2.81. The van der Waals surface area contributed by atoms with Crippen LogP contribution in [0, 0.1) is 5.82 Å². The first-order valence-electron chi connectivity index (χ1n) is 6.37. The van der Waals surface area contributed by atoms with Crippen molar-refractivity contribution in [2.24, 2.45) is 0 Å². The van der Waals surface area contributed by atoms with Gasteiger partial charge in [0.1, 0.15) is 5.82 Å². The molecule has 1 aromatic carbocycles. The summed E-state index contributed by atoms with van der Waals surface area (Å²) in [6.45, 7) is 3.39. The molecule has 4 heteroatoms. The number of carbonyl (C=O) groups is 1. The standard InChI is InChI=1S/C14H21FN2O/c1-3-4-10-17(2)14(18)16-9-8-12-6-5-7-13(15)11-12/h5-7,11H,3-4,8-10H2,1-2H3,(H,16,18). The number of hydrogen-bond donors (Lipinski definition) is 1. The summed E-state index contributed by atoms with van der Waals surface area (Å²) in [4.78, 5) is 13.3. The van der Waals surface area contributed by atoms with Gasteiger partial charge in [-0.25, -0.2) is 9.18 Å². The molecule has 0 saturated carbocycles. The number of unbranched alkanes of at least 4 members (excludes halogenated alkanes) is 1. The van der Waals surface area contributed by atoms with E-state index in [0.29, 0.717) is 13.0 Å². The zero-order valence-corrected chi connectivity index (χ0v) is 11.1. The molecule has 0 atom stereocenters. The summed E-state index contributed by atoms with van der Waals surface area (Å²) >= 11 is 0. The minimum absolute atomic E-state index is 0.0696. The van der Waals surface area contributed by atoms with Gasteiger partial charge in [0.05, 0.1) is 0 Å². The normalized spacial score (nSPS) is 10.2. The predicted molar refractivity (Wildman–Crippen MR) is 71.0 cm³/mol. The Labute approximate surface area is 108 Å². The van der Waals surface area contributed by atoms with Crippen LogP contribution in [-0.4, -0.2) is 31.1 Å². The Morgan fingerprint density at radius 1 is 1.44 bits per heavy atom. The van der Waals surface area contributed by atoms with Crippen LogP contribution in [0.5, 0.6) is 0 Å². The molecule has 0 fully saturated rings. The van der Waals surface area contributed by atoms with Crippen LogP contribution in [0.25, 0.3) is 0 Å². The molecule has 1 aromatic rings. The third kappa shape index (κ3) is 5.17. The van der Waals surface area contributed by atoms with Crippen LogP contribution in [-0.2, 0) is 6.42 Å². The molecule has 0 aromatic heterocycles. The second-order valence-corrected chi connectivity index (χ2v) is 4.39. The molecule has 18 heavy (non-hydrogen) atoms. The van der Waals surface area contributed by atoms with E-state index in [1.165, 1.54) is 12.1 Å². The molecule has 0 radical (unpaired) electrons. The van der Waals surface area contributed by atoms with Crippen molar-refractivity contribution in [1.29, 1.82) is 0 Å². The van der Waals surface area contributed by atoms with Gasteiger partial charge in [-0.1, -0.05) is 25.5 Å². The lowest BCUT2D eigenvalue weighted by Gasteiger charge is -2.17. The maximum atomic E-state index is 12.9. The Morgan fingerprint density at radius 2 is 2.22 bits per heavy atom. The second-order valence-electron chi connectivity index (χ2n) is 4.39. The number of halogens is 1. The molecule has 100 valence electrons. The number of benzene rings is 1. The summed E-state index contributed by atoms with van der Waals surface area (Å²) in [5.74, 6) is -0.237. The van der Waals surface area contributed by atoms with Crippen LogP contribution in [0.3, 0.4) is 0 Å². The number of rotatable bonds is 6. The number of urea groups is 1. The smallest absolute Gasteiger partial charge is 0.317 e. The molecule has 0 unspecified atom stereocenters. The molecule has 0 spiro atoms. The lowest BCUT2D eigenvalue weighted by molar-refractivity contribution is 0.208. The maximum absolute atomic E-state index is 12.9. The van der Waals surface area contributed by atoms with Gasteiger partial charge in [0.15, 0.2) is 0 Å². The molecule has 1 rings (SSSR count). The average Bonchev–Trinajstić information content (AvgIpc) is 2.35. The van der Waals surface area contributed by atoms with Crippen molar-refractivity contribution in [2.45, 2.75) is 26.2 Å². The van der Waals surface area contributed by atoms with Crippen molar-refractivity contribution in [1.82, 2.24) is 10.2 Å². The van der Waals surface area contributed by atoms with Gasteiger partial charge >= 0.3 is 6.03 Å². The largest absolute Gasteiger partial charge is 0.338 e. The van der Waals surface area contributed by atoms with Gasteiger partial charge < -0.3 is 10.2 Å². The van der Waals surface area contributed by atoms with Crippen LogP contribution in [0.2, 0.25) is 0 Å². The Kier molecular flexibility index (Phi) is 6.19. The van der Waals surface area contributed by atoms with Crippen LogP contribution in [0.1, 0.15) is 25.3 Å². The van der Waals surface area contributed by atoms with Crippen molar-refractivity contribution < 1.29 is 9.18 Å². The summed E-state index contributed by atoms with van der Waals surface area (Å²) in [5.41, 5.74) is 0.895. The molecule has 0 aliphatic carbocycles. The Balaban J connectivity index is 2.27. The third-order valence-corrected chi connectivity index (χ3v) is 2.77. The van der Waals surface area contributed by atoms with Crippen molar-refractivity contribution in [3.63, 3.8) is 0 Å². The first-order valence-corrected chi connectivity index (χ1v) is 6.37. The fourth-order valence-electron chi connectivity index (χ4n) is 1.64. The maximum Gasteiger partial charge on any atom is 0.317 e. The van der Waals surface area contributed by atoms with Gasteiger partial charge in [0.2, 0.25) is 0 Å². The Hall–Kier alpha value is -1.58. The van der Waals surface area contributed by atoms with E-state index in [9.17, 15) is 9.18 Å². The molecule has 0 aliphatic heterocycles. The van der Waals surface area contributed by atoms with E-state index in [-0.39, 0.29) is 11.8 Å². The summed E-state index contributed by atoms with van der Waals surface area (Å²) in [6.07, 6.45) is 2.72. The molecule has 3 nitrogen and oxygen atoms in total. The van der Waals surface area contributed by atoms with Gasteiger partial charge in [0, 0.05) is 20.1 Å². The van der Waals surface area contributed by atoms with Crippen LogP contribution in [0.4, 0.5) is 9.18 Å². The average molecular weight is 252 g/mol. The zero-order valence-electron chi connectivity index (χ0n) is 11.1. The molecular weight excluding hydrogens is 231 g/mol. The summed E-state index contributed by atoms with van der Waals surface area (Å²) in [6, 6.07) is 6.38. The highest BCUT2D eigenvalue weighted by Gasteiger charge is 2.06. The van der Waals surface area contributed by atoms with E-state index < -0.39 is 0 Å². The first-order chi connectivity index (χ1) is 8.63. The molecule has 0 saturated heterocycles. The summed E-state index contributed by atoms with van der Waals surface area (Å²) in [5, 5.41) is 2.82. The lowest BCUT2D eigenvalue weighted by Crippen LogP contribution is -2.38.